The number of ether oxygens (including phenoxy) is 1. The third-order valence-electron chi connectivity index (χ3n) is 3.88. The summed E-state index contributed by atoms with van der Waals surface area (Å²) in [7, 11) is 1.52. The Morgan fingerprint density at radius 1 is 1.48 bits per heavy atom. The zero-order chi connectivity index (χ0) is 16.2. The number of benzene rings is 1. The molecular weight excluding hydrogens is 299 g/mol. The number of aromatic amines is 1. The van der Waals surface area contributed by atoms with Crippen LogP contribution in [0.3, 0.4) is 0 Å². The summed E-state index contributed by atoms with van der Waals surface area (Å²) in [5, 5.41) is 13.1. The van der Waals surface area contributed by atoms with Crippen LogP contribution in [0.25, 0.3) is 0 Å². The first-order valence-corrected chi connectivity index (χ1v) is 7.50. The van der Waals surface area contributed by atoms with Crippen LogP contribution < -0.4 is 10.6 Å². The zero-order valence-electron chi connectivity index (χ0n) is 12.9. The van der Waals surface area contributed by atoms with Gasteiger partial charge in [0.2, 0.25) is 0 Å². The number of nitrogens with one attached hydrogen (secondary N) is 3. The molecule has 0 spiro atoms. The standard InChI is InChI=1S/C16H19FN4O2/c1-23-9-11-6-10(2-3-13(11)17)7-19-16(22)15-12-8-18-5-4-14(12)20-21-15/h2-3,6,18H,4-5,7-9H2,1H3,(H,19,22)(H,20,21). The van der Waals surface area contributed by atoms with Gasteiger partial charge in [-0.1, -0.05) is 6.07 Å². The van der Waals surface area contributed by atoms with Gasteiger partial charge in [-0.15, -0.1) is 0 Å². The summed E-state index contributed by atoms with van der Waals surface area (Å²) < 4.78 is 18.5. The number of nitrogens with zero attached hydrogens (tertiary/aromatic N) is 1. The highest BCUT2D eigenvalue weighted by molar-refractivity contribution is 5.94. The van der Waals surface area contributed by atoms with Crippen molar-refractivity contribution in [1.82, 2.24) is 20.8 Å². The number of hydrogen-bond donors (Lipinski definition) is 3. The van der Waals surface area contributed by atoms with Crippen LogP contribution in [0.2, 0.25) is 0 Å². The van der Waals surface area contributed by atoms with Crippen LogP contribution in [0.1, 0.15) is 32.9 Å². The largest absolute Gasteiger partial charge is 0.380 e. The fraction of sp³-hybridized carbons (Fsp3) is 0.375. The van der Waals surface area contributed by atoms with E-state index in [-0.39, 0.29) is 18.3 Å². The zero-order valence-corrected chi connectivity index (χ0v) is 12.9. The van der Waals surface area contributed by atoms with Crippen molar-refractivity contribution < 1.29 is 13.9 Å². The van der Waals surface area contributed by atoms with Gasteiger partial charge in [0.1, 0.15) is 5.82 Å². The summed E-state index contributed by atoms with van der Waals surface area (Å²) in [6, 6.07) is 4.73. The molecule has 0 fully saturated rings. The quantitative estimate of drug-likeness (QED) is 0.776. The van der Waals surface area contributed by atoms with Gasteiger partial charge in [0.05, 0.1) is 6.61 Å². The first-order chi connectivity index (χ1) is 11.2. The number of fused-ring (bicyclic) bond motifs is 1. The van der Waals surface area contributed by atoms with Gasteiger partial charge in [-0.25, -0.2) is 4.39 Å². The molecule has 0 saturated heterocycles. The van der Waals surface area contributed by atoms with Crippen LogP contribution in [0.5, 0.6) is 0 Å². The monoisotopic (exact) mass is 318 g/mol. The van der Waals surface area contributed by atoms with E-state index >= 15 is 0 Å². The maximum absolute atomic E-state index is 13.6. The van der Waals surface area contributed by atoms with E-state index in [4.69, 9.17) is 4.74 Å². The highest BCUT2D eigenvalue weighted by Crippen LogP contribution is 2.16. The highest BCUT2D eigenvalue weighted by Gasteiger charge is 2.21. The van der Waals surface area contributed by atoms with Crippen LogP contribution in [0.4, 0.5) is 4.39 Å². The summed E-state index contributed by atoms with van der Waals surface area (Å²) in [4.78, 5) is 12.3. The Balaban J connectivity index is 1.67. The normalized spacial score (nSPS) is 13.7. The van der Waals surface area contributed by atoms with Crippen molar-refractivity contribution in [2.24, 2.45) is 0 Å². The molecular formula is C16H19FN4O2. The van der Waals surface area contributed by atoms with E-state index < -0.39 is 0 Å². The van der Waals surface area contributed by atoms with Crippen molar-refractivity contribution in [1.29, 1.82) is 0 Å². The molecule has 1 aromatic carbocycles. The Labute approximate surface area is 133 Å². The smallest absolute Gasteiger partial charge is 0.272 e. The van der Waals surface area contributed by atoms with Crippen LogP contribution in [0.15, 0.2) is 18.2 Å². The highest BCUT2D eigenvalue weighted by atomic mass is 19.1. The number of H-pyrrole nitrogens is 1. The molecule has 0 aliphatic carbocycles. The maximum atomic E-state index is 13.6. The van der Waals surface area contributed by atoms with Gasteiger partial charge in [-0.2, -0.15) is 5.10 Å². The molecule has 1 aromatic heterocycles. The topological polar surface area (TPSA) is 79.0 Å². The molecule has 3 N–H and O–H groups in total. The van der Waals surface area contributed by atoms with E-state index in [0.717, 1.165) is 29.8 Å². The second-order valence-corrected chi connectivity index (χ2v) is 5.50. The van der Waals surface area contributed by atoms with Gasteiger partial charge < -0.3 is 15.4 Å². The summed E-state index contributed by atoms with van der Waals surface area (Å²) >= 11 is 0. The van der Waals surface area contributed by atoms with Crippen molar-refractivity contribution >= 4 is 5.91 Å². The van der Waals surface area contributed by atoms with Crippen molar-refractivity contribution in [2.75, 3.05) is 13.7 Å². The molecule has 0 radical (unpaired) electrons. The average molecular weight is 318 g/mol. The van der Waals surface area contributed by atoms with Gasteiger partial charge in [-0.3, -0.25) is 9.89 Å². The molecule has 7 heteroatoms. The Kier molecular flexibility index (Phi) is 4.68. The third-order valence-corrected chi connectivity index (χ3v) is 3.88. The van der Waals surface area contributed by atoms with Crippen molar-refractivity contribution in [2.45, 2.75) is 26.1 Å². The van der Waals surface area contributed by atoms with Gasteiger partial charge in [-0.05, 0) is 17.7 Å². The van der Waals surface area contributed by atoms with Crippen molar-refractivity contribution in [3.05, 3.63) is 52.1 Å². The molecule has 1 aliphatic heterocycles. The number of amides is 1. The molecule has 23 heavy (non-hydrogen) atoms. The van der Waals surface area contributed by atoms with E-state index in [1.54, 1.807) is 12.1 Å². The first-order valence-electron chi connectivity index (χ1n) is 7.50. The molecule has 6 nitrogen and oxygen atoms in total. The van der Waals surface area contributed by atoms with Crippen molar-refractivity contribution in [3.63, 3.8) is 0 Å². The fourth-order valence-electron chi connectivity index (χ4n) is 2.68. The molecule has 0 bridgehead atoms. The lowest BCUT2D eigenvalue weighted by molar-refractivity contribution is 0.0944. The SMILES string of the molecule is COCc1cc(CNC(=O)c2n[nH]c3c2CNCC3)ccc1F. The Bertz CT molecular complexity index is 714. The summed E-state index contributed by atoms with van der Waals surface area (Å²) in [6.07, 6.45) is 0.841. The molecule has 0 unspecified atom stereocenters. The average Bonchev–Trinajstić information content (AvgIpc) is 2.99. The number of carbonyl (C=O) groups is 1. The van der Waals surface area contributed by atoms with Crippen LogP contribution in [-0.4, -0.2) is 29.8 Å². The predicted octanol–water partition coefficient (Wildman–Crippen LogP) is 1.27. The van der Waals surface area contributed by atoms with Crippen LogP contribution >= 0.6 is 0 Å². The maximum Gasteiger partial charge on any atom is 0.272 e. The number of hydrogen-bond acceptors (Lipinski definition) is 4. The van der Waals surface area contributed by atoms with E-state index in [9.17, 15) is 9.18 Å². The summed E-state index contributed by atoms with van der Waals surface area (Å²) in [5.74, 6) is -0.543. The lowest BCUT2D eigenvalue weighted by Crippen LogP contribution is -2.28. The Morgan fingerprint density at radius 3 is 3.17 bits per heavy atom. The number of halogens is 1. The van der Waals surface area contributed by atoms with Gasteiger partial charge in [0, 0.05) is 50.0 Å². The molecule has 2 aromatic rings. The molecule has 3 rings (SSSR count). The van der Waals surface area contributed by atoms with Crippen LogP contribution in [-0.2, 0) is 30.9 Å². The number of rotatable bonds is 5. The molecule has 0 saturated carbocycles. The molecule has 1 amide bonds. The molecule has 122 valence electrons. The summed E-state index contributed by atoms with van der Waals surface area (Å²) in [6.45, 7) is 2.04. The predicted molar refractivity (Wildman–Crippen MR) is 82.3 cm³/mol. The van der Waals surface area contributed by atoms with Gasteiger partial charge >= 0.3 is 0 Å². The number of methoxy groups -OCH3 is 1. The van der Waals surface area contributed by atoms with Crippen molar-refractivity contribution in [3.8, 4) is 0 Å². The molecule has 2 heterocycles. The van der Waals surface area contributed by atoms with E-state index in [1.807, 2.05) is 0 Å². The Hall–Kier alpha value is -2.25. The minimum atomic E-state index is -0.311. The van der Waals surface area contributed by atoms with E-state index in [0.29, 0.717) is 24.3 Å². The lowest BCUT2D eigenvalue weighted by Gasteiger charge is -2.13. The minimum absolute atomic E-state index is 0.201. The number of carbonyl (C=O) groups excluding carboxylic acids is 1. The molecule has 0 atom stereocenters. The second kappa shape index (κ2) is 6.89. The Morgan fingerprint density at radius 2 is 2.35 bits per heavy atom. The first kappa shape index (κ1) is 15.6. The summed E-state index contributed by atoms with van der Waals surface area (Å²) in [5.41, 5.74) is 3.65. The number of aromatic nitrogens is 2. The second-order valence-electron chi connectivity index (χ2n) is 5.50. The fourth-order valence-corrected chi connectivity index (χ4v) is 2.68. The molecule has 1 aliphatic rings. The van der Waals surface area contributed by atoms with Gasteiger partial charge in [0.15, 0.2) is 5.69 Å². The minimum Gasteiger partial charge on any atom is -0.380 e. The van der Waals surface area contributed by atoms with Gasteiger partial charge in [0.25, 0.3) is 5.91 Å². The third kappa shape index (κ3) is 3.40. The lowest BCUT2D eigenvalue weighted by atomic mass is 10.1. The van der Waals surface area contributed by atoms with E-state index in [1.165, 1.54) is 13.2 Å². The van der Waals surface area contributed by atoms with Crippen LogP contribution in [0, 0.1) is 5.82 Å². The van der Waals surface area contributed by atoms with E-state index in [2.05, 4.69) is 20.8 Å².